The average Bonchev–Trinajstić information content (AvgIpc) is 2.90. The zero-order valence-electron chi connectivity index (χ0n) is 11.6. The number of H-pyrrole nitrogens is 1. The van der Waals surface area contributed by atoms with Gasteiger partial charge in [0.25, 0.3) is 5.91 Å². The van der Waals surface area contributed by atoms with Gasteiger partial charge in [0.05, 0.1) is 13.5 Å². The van der Waals surface area contributed by atoms with Gasteiger partial charge in [0.1, 0.15) is 5.69 Å². The predicted molar refractivity (Wildman–Crippen MR) is 76.5 cm³/mol. The molecule has 5 heteroatoms. The number of esters is 1. The van der Waals surface area contributed by atoms with E-state index in [1.54, 1.807) is 6.07 Å². The molecule has 1 aromatic heterocycles. The summed E-state index contributed by atoms with van der Waals surface area (Å²) in [7, 11) is 1.34. The van der Waals surface area contributed by atoms with E-state index in [2.05, 4.69) is 15.0 Å². The summed E-state index contributed by atoms with van der Waals surface area (Å²) in [6.07, 6.45) is 0.847. The Labute approximate surface area is 117 Å². The molecule has 0 fully saturated rings. The maximum atomic E-state index is 12.2. The van der Waals surface area contributed by atoms with Crippen LogP contribution in [0.5, 0.6) is 0 Å². The summed E-state index contributed by atoms with van der Waals surface area (Å²) in [4.78, 5) is 26.5. The van der Waals surface area contributed by atoms with E-state index in [0.717, 1.165) is 10.9 Å². The quantitative estimate of drug-likeness (QED) is 0.821. The molecule has 1 heterocycles. The lowest BCUT2D eigenvalue weighted by Crippen LogP contribution is -2.36. The third-order valence-electron chi connectivity index (χ3n) is 3.24. The van der Waals surface area contributed by atoms with Crippen molar-refractivity contribution in [2.45, 2.75) is 25.8 Å². The molecule has 1 aromatic carbocycles. The van der Waals surface area contributed by atoms with Crippen LogP contribution in [-0.2, 0) is 9.53 Å². The van der Waals surface area contributed by atoms with Crippen molar-refractivity contribution in [3.8, 4) is 0 Å². The lowest BCUT2D eigenvalue weighted by Gasteiger charge is -2.14. The zero-order valence-corrected chi connectivity index (χ0v) is 11.6. The van der Waals surface area contributed by atoms with Gasteiger partial charge in [0.15, 0.2) is 0 Å². The van der Waals surface area contributed by atoms with Crippen LogP contribution in [0.15, 0.2) is 30.3 Å². The topological polar surface area (TPSA) is 71.2 Å². The van der Waals surface area contributed by atoms with Gasteiger partial charge in [-0.1, -0.05) is 25.1 Å². The van der Waals surface area contributed by atoms with Crippen molar-refractivity contribution in [3.05, 3.63) is 36.0 Å². The SMILES string of the molecule is CCC(CC(=O)OC)NC(=O)c1cc2ccccc2[nH]1. The van der Waals surface area contributed by atoms with E-state index >= 15 is 0 Å². The van der Waals surface area contributed by atoms with Crippen LogP contribution < -0.4 is 5.32 Å². The number of aromatic nitrogens is 1. The van der Waals surface area contributed by atoms with Gasteiger partial charge in [-0.3, -0.25) is 9.59 Å². The minimum Gasteiger partial charge on any atom is -0.469 e. The van der Waals surface area contributed by atoms with Crippen LogP contribution in [0.1, 0.15) is 30.3 Å². The molecule has 0 aliphatic carbocycles. The molecule has 2 rings (SSSR count). The minimum absolute atomic E-state index is 0.180. The van der Waals surface area contributed by atoms with Gasteiger partial charge in [-0.05, 0) is 18.6 Å². The van der Waals surface area contributed by atoms with E-state index < -0.39 is 0 Å². The Morgan fingerprint density at radius 3 is 2.75 bits per heavy atom. The lowest BCUT2D eigenvalue weighted by molar-refractivity contribution is -0.141. The molecule has 0 bridgehead atoms. The molecule has 0 saturated carbocycles. The molecular formula is C15H18N2O3. The number of benzene rings is 1. The maximum Gasteiger partial charge on any atom is 0.307 e. The van der Waals surface area contributed by atoms with Crippen molar-refractivity contribution in [3.63, 3.8) is 0 Å². The Morgan fingerprint density at radius 2 is 2.10 bits per heavy atom. The Bertz CT molecular complexity index is 585. The first kappa shape index (κ1) is 14.1. The van der Waals surface area contributed by atoms with Gasteiger partial charge in [0, 0.05) is 16.9 Å². The highest BCUT2D eigenvalue weighted by Crippen LogP contribution is 2.14. The molecule has 0 saturated heterocycles. The van der Waals surface area contributed by atoms with Crippen LogP contribution in [0, 0.1) is 0 Å². The number of carbonyl (C=O) groups is 2. The first-order valence-electron chi connectivity index (χ1n) is 6.59. The third kappa shape index (κ3) is 3.17. The molecule has 2 aromatic rings. The van der Waals surface area contributed by atoms with Crippen molar-refractivity contribution in [2.75, 3.05) is 7.11 Å². The Hall–Kier alpha value is -2.30. The molecule has 2 N–H and O–H groups in total. The molecule has 20 heavy (non-hydrogen) atoms. The standard InChI is InChI=1S/C15H18N2O3/c1-3-11(9-14(18)20-2)16-15(19)13-8-10-6-4-5-7-12(10)17-13/h4-8,11,17H,3,9H2,1-2H3,(H,16,19). The number of hydrogen-bond donors (Lipinski definition) is 2. The number of ether oxygens (including phenoxy) is 1. The fourth-order valence-corrected chi connectivity index (χ4v) is 2.04. The molecule has 1 atom stereocenters. The second kappa shape index (κ2) is 6.23. The van der Waals surface area contributed by atoms with Gasteiger partial charge in [0.2, 0.25) is 0 Å². The summed E-state index contributed by atoms with van der Waals surface area (Å²) in [5.74, 6) is -0.536. The largest absolute Gasteiger partial charge is 0.469 e. The van der Waals surface area contributed by atoms with E-state index in [1.807, 2.05) is 31.2 Å². The van der Waals surface area contributed by atoms with E-state index in [0.29, 0.717) is 12.1 Å². The summed E-state index contributed by atoms with van der Waals surface area (Å²) < 4.78 is 4.62. The van der Waals surface area contributed by atoms with Crippen LogP contribution >= 0.6 is 0 Å². The van der Waals surface area contributed by atoms with Crippen molar-refractivity contribution in [2.24, 2.45) is 0 Å². The maximum absolute atomic E-state index is 12.2. The Morgan fingerprint density at radius 1 is 1.35 bits per heavy atom. The molecule has 0 spiro atoms. The van der Waals surface area contributed by atoms with Crippen LogP contribution in [-0.4, -0.2) is 30.0 Å². The normalized spacial score (nSPS) is 12.1. The predicted octanol–water partition coefficient (Wildman–Crippen LogP) is 2.24. The van der Waals surface area contributed by atoms with Crippen molar-refractivity contribution >= 4 is 22.8 Å². The fourth-order valence-electron chi connectivity index (χ4n) is 2.04. The van der Waals surface area contributed by atoms with Gasteiger partial charge < -0.3 is 15.0 Å². The highest BCUT2D eigenvalue weighted by Gasteiger charge is 2.17. The summed E-state index contributed by atoms with van der Waals surface area (Å²) in [5.41, 5.74) is 1.41. The van der Waals surface area contributed by atoms with Crippen LogP contribution in [0.2, 0.25) is 0 Å². The molecular weight excluding hydrogens is 256 g/mol. The number of rotatable bonds is 5. The summed E-state index contributed by atoms with van der Waals surface area (Å²) >= 11 is 0. The molecule has 0 aliphatic rings. The third-order valence-corrected chi connectivity index (χ3v) is 3.24. The monoisotopic (exact) mass is 274 g/mol. The van der Waals surface area contributed by atoms with Gasteiger partial charge in [-0.25, -0.2) is 0 Å². The van der Waals surface area contributed by atoms with Crippen molar-refractivity contribution < 1.29 is 14.3 Å². The highest BCUT2D eigenvalue weighted by molar-refractivity contribution is 5.98. The second-order valence-corrected chi connectivity index (χ2v) is 4.63. The number of nitrogens with one attached hydrogen (secondary N) is 2. The molecule has 0 radical (unpaired) electrons. The van der Waals surface area contributed by atoms with Gasteiger partial charge in [-0.2, -0.15) is 0 Å². The van der Waals surface area contributed by atoms with E-state index in [4.69, 9.17) is 0 Å². The number of methoxy groups -OCH3 is 1. The summed E-state index contributed by atoms with van der Waals surface area (Å²) in [6, 6.07) is 9.26. The van der Waals surface area contributed by atoms with Crippen molar-refractivity contribution in [1.82, 2.24) is 10.3 Å². The highest BCUT2D eigenvalue weighted by atomic mass is 16.5. The second-order valence-electron chi connectivity index (χ2n) is 4.63. The number of fused-ring (bicyclic) bond motifs is 1. The molecule has 1 unspecified atom stereocenters. The zero-order chi connectivity index (χ0) is 14.5. The summed E-state index contributed by atoms with van der Waals surface area (Å²) in [5, 5.41) is 3.82. The Kier molecular flexibility index (Phi) is 4.40. The van der Waals surface area contributed by atoms with Gasteiger partial charge in [-0.15, -0.1) is 0 Å². The van der Waals surface area contributed by atoms with E-state index in [9.17, 15) is 9.59 Å². The number of para-hydroxylation sites is 1. The first-order chi connectivity index (χ1) is 9.63. The smallest absolute Gasteiger partial charge is 0.307 e. The van der Waals surface area contributed by atoms with Crippen LogP contribution in [0.3, 0.4) is 0 Å². The molecule has 5 nitrogen and oxygen atoms in total. The molecule has 0 aliphatic heterocycles. The van der Waals surface area contributed by atoms with Crippen LogP contribution in [0.25, 0.3) is 10.9 Å². The first-order valence-corrected chi connectivity index (χ1v) is 6.59. The van der Waals surface area contributed by atoms with Gasteiger partial charge >= 0.3 is 5.97 Å². The van der Waals surface area contributed by atoms with Crippen LogP contribution in [0.4, 0.5) is 0 Å². The molecule has 1 amide bonds. The number of amides is 1. The lowest BCUT2D eigenvalue weighted by atomic mass is 10.1. The van der Waals surface area contributed by atoms with Crippen molar-refractivity contribution in [1.29, 1.82) is 0 Å². The Balaban J connectivity index is 2.08. The number of carbonyl (C=O) groups excluding carboxylic acids is 2. The number of aromatic amines is 1. The minimum atomic E-state index is -0.325. The summed E-state index contributed by atoms with van der Waals surface area (Å²) in [6.45, 7) is 1.92. The van der Waals surface area contributed by atoms with E-state index in [1.165, 1.54) is 7.11 Å². The van der Waals surface area contributed by atoms with E-state index in [-0.39, 0.29) is 24.3 Å². The fraction of sp³-hybridized carbons (Fsp3) is 0.333. The number of hydrogen-bond acceptors (Lipinski definition) is 3. The molecule has 106 valence electrons. The average molecular weight is 274 g/mol.